The van der Waals surface area contributed by atoms with E-state index in [2.05, 4.69) is 10.4 Å². The quantitative estimate of drug-likeness (QED) is 0.294. The van der Waals surface area contributed by atoms with E-state index in [1.807, 2.05) is 0 Å². The first-order valence-electron chi connectivity index (χ1n) is 9.29. The van der Waals surface area contributed by atoms with Crippen LogP contribution in [0.1, 0.15) is 21.6 Å². The summed E-state index contributed by atoms with van der Waals surface area (Å²) in [6.45, 7) is 0. The van der Waals surface area contributed by atoms with Gasteiger partial charge in [-0.2, -0.15) is 16.9 Å². The zero-order valence-electron chi connectivity index (χ0n) is 15.9. The average Bonchev–Trinajstić information content (AvgIpc) is 3.36. The molecule has 9 nitrogen and oxygen atoms in total. The Morgan fingerprint density at radius 1 is 1.16 bits per heavy atom. The first-order valence-corrected chi connectivity index (χ1v) is 10.4. The molecular formula is C21H14N4O5S. The lowest BCUT2D eigenvalue weighted by Crippen LogP contribution is -2.22. The van der Waals surface area contributed by atoms with Crippen molar-refractivity contribution in [2.75, 3.05) is 5.32 Å². The maximum atomic E-state index is 13.0. The van der Waals surface area contributed by atoms with E-state index in [0.29, 0.717) is 34.0 Å². The summed E-state index contributed by atoms with van der Waals surface area (Å²) >= 11 is 1.67. The lowest BCUT2D eigenvalue weighted by molar-refractivity contribution is -0.384. The molecule has 0 saturated carbocycles. The van der Waals surface area contributed by atoms with Gasteiger partial charge in [-0.25, -0.2) is 9.48 Å². The van der Waals surface area contributed by atoms with Gasteiger partial charge in [-0.1, -0.05) is 18.2 Å². The van der Waals surface area contributed by atoms with Gasteiger partial charge in [0.25, 0.3) is 11.6 Å². The number of nitrogens with one attached hydrogen (secondary N) is 1. The molecule has 0 atom stereocenters. The second kappa shape index (κ2) is 7.40. The zero-order chi connectivity index (χ0) is 21.5. The minimum absolute atomic E-state index is 0.0432. The third-order valence-corrected chi connectivity index (χ3v) is 5.95. The predicted molar refractivity (Wildman–Crippen MR) is 116 cm³/mol. The fraction of sp³-hybridized carbons (Fsp3) is 0.0952. The number of benzene rings is 2. The topological polar surface area (TPSA) is 120 Å². The highest BCUT2D eigenvalue weighted by atomic mass is 32.2. The van der Waals surface area contributed by atoms with Crippen LogP contribution in [0.3, 0.4) is 0 Å². The number of para-hydroxylation sites is 1. The van der Waals surface area contributed by atoms with E-state index < -0.39 is 16.5 Å². The van der Waals surface area contributed by atoms with Crippen LogP contribution >= 0.6 is 11.8 Å². The highest BCUT2D eigenvalue weighted by Crippen LogP contribution is 2.36. The number of nitro benzene ring substituents is 1. The average molecular weight is 434 g/mol. The first-order chi connectivity index (χ1) is 15.0. The summed E-state index contributed by atoms with van der Waals surface area (Å²) in [7, 11) is 0. The third-order valence-electron chi connectivity index (χ3n) is 4.97. The lowest BCUT2D eigenvalue weighted by atomic mass is 10.1. The Hall–Kier alpha value is -3.92. The minimum Gasteiger partial charge on any atom is -0.422 e. The second-order valence-corrected chi connectivity index (χ2v) is 7.88. The number of thioether (sulfide) groups is 1. The van der Waals surface area contributed by atoms with Crippen molar-refractivity contribution in [1.82, 2.24) is 9.78 Å². The molecule has 0 fully saturated rings. The molecule has 1 N–H and O–H groups in total. The second-order valence-electron chi connectivity index (χ2n) is 6.89. The van der Waals surface area contributed by atoms with Crippen LogP contribution in [-0.4, -0.2) is 20.6 Å². The Kier molecular flexibility index (Phi) is 4.55. The number of fused-ring (bicyclic) bond motifs is 2. The molecule has 2 aromatic heterocycles. The Bertz CT molecular complexity index is 1410. The van der Waals surface area contributed by atoms with Crippen molar-refractivity contribution in [3.8, 4) is 5.69 Å². The van der Waals surface area contributed by atoms with E-state index in [9.17, 15) is 19.7 Å². The lowest BCUT2D eigenvalue weighted by Gasteiger charge is -2.11. The molecule has 2 aromatic carbocycles. The number of non-ortho nitro benzene ring substituents is 1. The highest BCUT2D eigenvalue weighted by Gasteiger charge is 2.26. The number of carbonyl (C=O) groups excluding carboxylic acids is 1. The van der Waals surface area contributed by atoms with E-state index >= 15 is 0 Å². The van der Waals surface area contributed by atoms with Crippen molar-refractivity contribution in [3.63, 3.8) is 0 Å². The van der Waals surface area contributed by atoms with Gasteiger partial charge in [-0.3, -0.25) is 14.9 Å². The van der Waals surface area contributed by atoms with E-state index in [4.69, 9.17) is 4.42 Å². The zero-order valence-corrected chi connectivity index (χ0v) is 16.7. The number of anilines is 1. The van der Waals surface area contributed by atoms with Gasteiger partial charge in [0.2, 0.25) is 0 Å². The summed E-state index contributed by atoms with van der Waals surface area (Å²) < 4.78 is 6.81. The number of aromatic nitrogens is 2. The molecule has 0 spiro atoms. The minimum atomic E-state index is -0.733. The van der Waals surface area contributed by atoms with Crippen LogP contribution in [0.25, 0.3) is 16.7 Å². The normalized spacial score (nSPS) is 12.6. The molecule has 5 rings (SSSR count). The van der Waals surface area contributed by atoms with Gasteiger partial charge in [0.05, 0.1) is 16.3 Å². The molecule has 1 aliphatic rings. The summed E-state index contributed by atoms with van der Waals surface area (Å²) in [4.78, 5) is 35.8. The summed E-state index contributed by atoms with van der Waals surface area (Å²) in [6.07, 6.45) is 0. The molecule has 154 valence electrons. The SMILES string of the molecule is O=C(Nc1c2c(nn1-c1ccc([N+](=O)[O-])cc1)CSC2)c1cc2ccccc2oc1=O. The number of nitrogens with zero attached hydrogens (tertiary/aromatic N) is 3. The van der Waals surface area contributed by atoms with Crippen molar-refractivity contribution < 1.29 is 14.1 Å². The van der Waals surface area contributed by atoms with E-state index in [1.165, 1.54) is 22.9 Å². The van der Waals surface area contributed by atoms with E-state index in [-0.39, 0.29) is 11.3 Å². The highest BCUT2D eigenvalue weighted by molar-refractivity contribution is 7.98. The Labute approximate surface area is 178 Å². The number of carbonyl (C=O) groups is 1. The van der Waals surface area contributed by atoms with Crippen LogP contribution in [0.5, 0.6) is 0 Å². The molecule has 0 radical (unpaired) electrons. The maximum Gasteiger partial charge on any atom is 0.349 e. The maximum absolute atomic E-state index is 13.0. The van der Waals surface area contributed by atoms with Gasteiger partial charge < -0.3 is 9.73 Å². The van der Waals surface area contributed by atoms with E-state index in [1.54, 1.807) is 48.2 Å². The smallest absolute Gasteiger partial charge is 0.349 e. The van der Waals surface area contributed by atoms with Crippen LogP contribution in [0.2, 0.25) is 0 Å². The number of rotatable bonds is 4. The predicted octanol–water partition coefficient (Wildman–Crippen LogP) is 3.89. The Balaban J connectivity index is 1.55. The molecule has 0 bridgehead atoms. The van der Waals surface area contributed by atoms with Gasteiger partial charge in [0.15, 0.2) is 0 Å². The van der Waals surface area contributed by atoms with Gasteiger partial charge in [0, 0.05) is 34.6 Å². The monoisotopic (exact) mass is 434 g/mol. The third kappa shape index (κ3) is 3.36. The molecule has 1 aliphatic heterocycles. The van der Waals surface area contributed by atoms with Gasteiger partial charge >= 0.3 is 5.63 Å². The number of nitro groups is 1. The summed E-state index contributed by atoms with van der Waals surface area (Å²) in [6, 6.07) is 14.3. The van der Waals surface area contributed by atoms with Crippen LogP contribution < -0.4 is 10.9 Å². The fourth-order valence-electron chi connectivity index (χ4n) is 3.44. The number of amides is 1. The van der Waals surface area contributed by atoms with E-state index in [0.717, 1.165) is 11.3 Å². The summed E-state index contributed by atoms with van der Waals surface area (Å²) in [5.74, 6) is 1.18. The van der Waals surface area contributed by atoms with Gasteiger partial charge in [-0.05, 0) is 24.3 Å². The largest absolute Gasteiger partial charge is 0.422 e. The van der Waals surface area contributed by atoms with Crippen molar-refractivity contribution in [1.29, 1.82) is 0 Å². The molecule has 0 aliphatic carbocycles. The first kappa shape index (κ1) is 19.1. The summed E-state index contributed by atoms with van der Waals surface area (Å²) in [5.41, 5.74) is 1.76. The van der Waals surface area contributed by atoms with Crippen LogP contribution in [0.4, 0.5) is 11.5 Å². The number of hydrogen-bond acceptors (Lipinski definition) is 7. The van der Waals surface area contributed by atoms with Crippen molar-refractivity contribution in [2.45, 2.75) is 11.5 Å². The molecule has 0 saturated heterocycles. The standard InChI is InChI=1S/C21H14N4O5S/c26-20(15-9-12-3-1-2-4-18(12)30-21(15)27)22-19-16-10-31-11-17(16)23-24(19)13-5-7-14(8-6-13)25(28)29/h1-9H,10-11H2,(H,22,26). The van der Waals surface area contributed by atoms with Gasteiger partial charge in [-0.15, -0.1) is 0 Å². The molecular weight excluding hydrogens is 420 g/mol. The molecule has 31 heavy (non-hydrogen) atoms. The van der Waals surface area contributed by atoms with Crippen LogP contribution in [-0.2, 0) is 11.5 Å². The van der Waals surface area contributed by atoms with Crippen LogP contribution in [0.15, 0.2) is 63.8 Å². The van der Waals surface area contributed by atoms with Crippen LogP contribution in [0, 0.1) is 10.1 Å². The fourth-order valence-corrected chi connectivity index (χ4v) is 4.47. The van der Waals surface area contributed by atoms with Crippen molar-refractivity contribution in [2.24, 2.45) is 0 Å². The Morgan fingerprint density at radius 2 is 1.94 bits per heavy atom. The molecule has 4 aromatic rings. The molecule has 0 unspecified atom stereocenters. The van der Waals surface area contributed by atoms with Crippen molar-refractivity contribution in [3.05, 3.63) is 92.0 Å². The summed E-state index contributed by atoms with van der Waals surface area (Å²) in [5, 5.41) is 18.9. The molecule has 1 amide bonds. The Morgan fingerprint density at radius 3 is 2.71 bits per heavy atom. The van der Waals surface area contributed by atoms with Crippen molar-refractivity contribution >= 4 is 40.1 Å². The molecule has 3 heterocycles. The number of hydrogen-bond donors (Lipinski definition) is 1. The van der Waals surface area contributed by atoms with Gasteiger partial charge in [0.1, 0.15) is 17.0 Å². The molecule has 10 heteroatoms.